The highest BCUT2D eigenvalue weighted by atomic mass is 35.5. The van der Waals surface area contributed by atoms with Gasteiger partial charge in [-0.1, -0.05) is 23.2 Å². The molecule has 0 atom stereocenters. The van der Waals surface area contributed by atoms with E-state index in [0.717, 1.165) is 6.07 Å². The van der Waals surface area contributed by atoms with Crippen LogP contribution in [0, 0.1) is 0 Å². The van der Waals surface area contributed by atoms with Gasteiger partial charge >= 0.3 is 6.18 Å². The molecule has 174 valence electrons. The molecule has 1 amide bonds. The van der Waals surface area contributed by atoms with Crippen LogP contribution >= 0.6 is 23.2 Å². The van der Waals surface area contributed by atoms with Crippen LogP contribution in [0.2, 0.25) is 10.2 Å². The van der Waals surface area contributed by atoms with E-state index in [0.29, 0.717) is 47.3 Å². The molecule has 1 aliphatic carbocycles. The molecule has 0 radical (unpaired) electrons. The summed E-state index contributed by atoms with van der Waals surface area (Å²) in [6.45, 7) is 0. The van der Waals surface area contributed by atoms with Crippen molar-refractivity contribution >= 4 is 45.7 Å². The van der Waals surface area contributed by atoms with Crippen molar-refractivity contribution in [2.24, 2.45) is 0 Å². The molecule has 0 saturated heterocycles. The third kappa shape index (κ3) is 5.30. The number of hydrogen-bond acceptors (Lipinski definition) is 5. The van der Waals surface area contributed by atoms with E-state index in [-0.39, 0.29) is 28.7 Å². The number of amides is 1. The zero-order valence-corrected chi connectivity index (χ0v) is 19.0. The van der Waals surface area contributed by atoms with Crippen LogP contribution in [-0.2, 0) is 6.18 Å². The van der Waals surface area contributed by atoms with Gasteiger partial charge in [0.15, 0.2) is 5.15 Å². The Bertz CT molecular complexity index is 1180. The Kier molecular flexibility index (Phi) is 6.63. The molecule has 11 heteroatoms. The second-order valence-corrected chi connectivity index (χ2v) is 8.87. The third-order valence-electron chi connectivity index (χ3n) is 5.89. The molecule has 1 aliphatic rings. The quantitative estimate of drug-likeness (QED) is 0.513. The van der Waals surface area contributed by atoms with E-state index in [1.54, 1.807) is 13.1 Å². The predicted octanol–water partition coefficient (Wildman–Crippen LogP) is 5.53. The minimum absolute atomic E-state index is 0.000791. The first kappa shape index (κ1) is 23.5. The molecule has 2 aromatic heterocycles. The van der Waals surface area contributed by atoms with E-state index in [4.69, 9.17) is 23.2 Å². The number of alkyl halides is 3. The fraction of sp³-hybridized carbons (Fsp3) is 0.364. The number of halogens is 5. The third-order valence-corrected chi connectivity index (χ3v) is 6.31. The van der Waals surface area contributed by atoms with Crippen molar-refractivity contribution in [2.45, 2.75) is 43.9 Å². The summed E-state index contributed by atoms with van der Waals surface area (Å²) in [5, 5.41) is 11.4. The SMILES string of the molecule is CN(c1cc(C(F)(F)F)nc2ccc(Cl)cc12)[C@H]1CC[C@@H](NC(=O)c2cnnc(Cl)c2)CC1. The number of pyridine rings is 1. The highest BCUT2D eigenvalue weighted by Crippen LogP contribution is 2.37. The van der Waals surface area contributed by atoms with Crippen molar-refractivity contribution in [3.63, 3.8) is 0 Å². The van der Waals surface area contributed by atoms with E-state index in [2.05, 4.69) is 20.5 Å². The maximum atomic E-state index is 13.5. The number of benzene rings is 1. The van der Waals surface area contributed by atoms with Crippen molar-refractivity contribution in [3.05, 3.63) is 58.0 Å². The van der Waals surface area contributed by atoms with Crippen LogP contribution in [0.3, 0.4) is 0 Å². The number of fused-ring (bicyclic) bond motifs is 1. The topological polar surface area (TPSA) is 71.0 Å². The van der Waals surface area contributed by atoms with E-state index >= 15 is 0 Å². The van der Waals surface area contributed by atoms with Gasteiger partial charge in [-0.25, -0.2) is 4.98 Å². The summed E-state index contributed by atoms with van der Waals surface area (Å²) in [7, 11) is 1.78. The lowest BCUT2D eigenvalue weighted by Crippen LogP contribution is -2.43. The van der Waals surface area contributed by atoms with Gasteiger partial charge in [0.2, 0.25) is 0 Å². The van der Waals surface area contributed by atoms with E-state index in [9.17, 15) is 18.0 Å². The van der Waals surface area contributed by atoms with Crippen molar-refractivity contribution in [2.75, 3.05) is 11.9 Å². The average molecular weight is 498 g/mol. The van der Waals surface area contributed by atoms with Crippen LogP contribution in [0.5, 0.6) is 0 Å². The Labute approximate surface area is 198 Å². The summed E-state index contributed by atoms with van der Waals surface area (Å²) in [4.78, 5) is 18.1. The number of anilines is 1. The molecular weight excluding hydrogens is 478 g/mol. The maximum Gasteiger partial charge on any atom is 0.433 e. The molecule has 1 fully saturated rings. The number of rotatable bonds is 4. The lowest BCUT2D eigenvalue weighted by Gasteiger charge is -2.37. The molecule has 2 heterocycles. The molecular formula is C22H20Cl2F3N5O. The second-order valence-electron chi connectivity index (χ2n) is 8.04. The monoisotopic (exact) mass is 497 g/mol. The van der Waals surface area contributed by atoms with Gasteiger partial charge in [-0.3, -0.25) is 4.79 Å². The lowest BCUT2D eigenvalue weighted by molar-refractivity contribution is -0.140. The molecule has 0 spiro atoms. The van der Waals surface area contributed by atoms with Gasteiger partial charge in [0.05, 0.1) is 17.3 Å². The Morgan fingerprint density at radius 3 is 2.52 bits per heavy atom. The Balaban J connectivity index is 1.50. The molecule has 0 unspecified atom stereocenters. The average Bonchev–Trinajstić information content (AvgIpc) is 2.77. The second kappa shape index (κ2) is 9.30. The van der Waals surface area contributed by atoms with Crippen molar-refractivity contribution in [3.8, 4) is 0 Å². The molecule has 3 aromatic rings. The fourth-order valence-corrected chi connectivity index (χ4v) is 4.49. The summed E-state index contributed by atoms with van der Waals surface area (Å²) in [6.07, 6.45) is -0.453. The molecule has 4 rings (SSSR count). The van der Waals surface area contributed by atoms with Crippen molar-refractivity contribution in [1.82, 2.24) is 20.5 Å². The minimum Gasteiger partial charge on any atom is -0.371 e. The minimum atomic E-state index is -4.56. The summed E-state index contributed by atoms with van der Waals surface area (Å²) in [5.41, 5.74) is 0.0558. The van der Waals surface area contributed by atoms with Gasteiger partial charge in [-0.2, -0.15) is 18.3 Å². The normalized spacial score (nSPS) is 18.8. The summed E-state index contributed by atoms with van der Waals surface area (Å²) in [6, 6.07) is 7.13. The van der Waals surface area contributed by atoms with E-state index < -0.39 is 11.9 Å². The Morgan fingerprint density at radius 2 is 1.85 bits per heavy atom. The van der Waals surface area contributed by atoms with Crippen molar-refractivity contribution in [1.29, 1.82) is 0 Å². The number of carbonyl (C=O) groups is 1. The summed E-state index contributed by atoms with van der Waals surface area (Å²) >= 11 is 11.9. The van der Waals surface area contributed by atoms with Crippen molar-refractivity contribution < 1.29 is 18.0 Å². The number of aromatic nitrogens is 3. The molecule has 1 N–H and O–H groups in total. The summed E-state index contributed by atoms with van der Waals surface area (Å²) in [5.74, 6) is -0.284. The molecule has 33 heavy (non-hydrogen) atoms. The predicted molar refractivity (Wildman–Crippen MR) is 121 cm³/mol. The number of carbonyl (C=O) groups excluding carboxylic acids is 1. The first-order valence-electron chi connectivity index (χ1n) is 10.3. The first-order chi connectivity index (χ1) is 15.6. The van der Waals surface area contributed by atoms with Crippen LogP contribution in [0.15, 0.2) is 36.5 Å². The fourth-order valence-electron chi connectivity index (χ4n) is 4.15. The number of nitrogens with zero attached hydrogens (tertiary/aromatic N) is 4. The van der Waals surface area contributed by atoms with E-state index in [1.165, 1.54) is 24.4 Å². The molecule has 0 bridgehead atoms. The summed E-state index contributed by atoms with van der Waals surface area (Å²) < 4.78 is 40.4. The lowest BCUT2D eigenvalue weighted by atomic mass is 9.89. The van der Waals surface area contributed by atoms with Crippen LogP contribution in [0.25, 0.3) is 10.9 Å². The van der Waals surface area contributed by atoms with Gasteiger partial charge in [0, 0.05) is 35.2 Å². The largest absolute Gasteiger partial charge is 0.433 e. The standard InChI is InChI=1S/C22H20Cl2F3N5O/c1-32(18-10-19(22(25,26)27)30-17-7-2-13(23)9-16(17)18)15-5-3-14(4-6-15)29-21(33)12-8-20(24)31-28-11-12/h2,7-11,14-15H,3-6H2,1H3,(H,29,33)/t14-,15+. The van der Waals surface area contributed by atoms with E-state index in [1.807, 2.05) is 4.90 Å². The van der Waals surface area contributed by atoms with Crippen LogP contribution in [0.1, 0.15) is 41.7 Å². The Morgan fingerprint density at radius 1 is 1.12 bits per heavy atom. The molecule has 6 nitrogen and oxygen atoms in total. The smallest absolute Gasteiger partial charge is 0.371 e. The number of hydrogen-bond donors (Lipinski definition) is 1. The Hall–Kier alpha value is -2.65. The van der Waals surface area contributed by atoms with Crippen LogP contribution in [-0.4, -0.2) is 40.2 Å². The van der Waals surface area contributed by atoms with Gasteiger partial charge in [-0.05, 0) is 56.0 Å². The highest BCUT2D eigenvalue weighted by Gasteiger charge is 2.35. The van der Waals surface area contributed by atoms with Gasteiger partial charge in [0.1, 0.15) is 5.69 Å². The highest BCUT2D eigenvalue weighted by molar-refractivity contribution is 6.31. The molecule has 1 aromatic carbocycles. The molecule has 1 saturated carbocycles. The molecule has 0 aliphatic heterocycles. The van der Waals surface area contributed by atoms with Gasteiger partial charge < -0.3 is 10.2 Å². The van der Waals surface area contributed by atoms with Gasteiger partial charge in [-0.15, -0.1) is 5.10 Å². The number of nitrogens with one attached hydrogen (secondary N) is 1. The maximum absolute atomic E-state index is 13.5. The van der Waals surface area contributed by atoms with Crippen LogP contribution in [0.4, 0.5) is 18.9 Å². The van der Waals surface area contributed by atoms with Crippen LogP contribution < -0.4 is 10.2 Å². The zero-order chi connectivity index (χ0) is 23.8. The first-order valence-corrected chi connectivity index (χ1v) is 11.1. The van der Waals surface area contributed by atoms with Gasteiger partial charge in [0.25, 0.3) is 5.91 Å². The zero-order valence-electron chi connectivity index (χ0n) is 17.5.